The number of nitrogens with two attached hydrogens (primary N) is 1. The number of benzene rings is 2. The minimum atomic E-state index is 0.352. The monoisotopic (exact) mass is 354 g/mol. The second kappa shape index (κ2) is 7.18. The van der Waals surface area contributed by atoms with Gasteiger partial charge in [0.2, 0.25) is 11.6 Å². The van der Waals surface area contributed by atoms with Crippen LogP contribution in [0.3, 0.4) is 0 Å². The van der Waals surface area contributed by atoms with Gasteiger partial charge in [0.15, 0.2) is 17.8 Å². The quantitative estimate of drug-likeness (QED) is 0.535. The van der Waals surface area contributed by atoms with Crippen LogP contribution < -0.4 is 19.9 Å². The van der Waals surface area contributed by atoms with Crippen molar-refractivity contribution in [3.63, 3.8) is 0 Å². The van der Waals surface area contributed by atoms with E-state index in [0.717, 1.165) is 6.29 Å². The summed E-state index contributed by atoms with van der Waals surface area (Å²) < 4.78 is 21.6. The molecule has 0 fully saturated rings. The van der Waals surface area contributed by atoms with Crippen LogP contribution in [0.2, 0.25) is 0 Å². The maximum atomic E-state index is 11.7. The van der Waals surface area contributed by atoms with Crippen LogP contribution in [0.4, 0.5) is 5.69 Å². The Hall–Kier alpha value is -3.48. The van der Waals surface area contributed by atoms with Crippen LogP contribution in [0.1, 0.15) is 10.4 Å². The van der Waals surface area contributed by atoms with Gasteiger partial charge in [-0.15, -0.1) is 0 Å². The van der Waals surface area contributed by atoms with Crippen LogP contribution in [0.5, 0.6) is 17.2 Å². The normalized spacial score (nSPS) is 10.4. The summed E-state index contributed by atoms with van der Waals surface area (Å²) in [4.78, 5) is 15.9. The third-order valence-electron chi connectivity index (χ3n) is 3.99. The van der Waals surface area contributed by atoms with Crippen molar-refractivity contribution in [3.05, 3.63) is 42.3 Å². The molecule has 0 radical (unpaired) electrons. The van der Waals surface area contributed by atoms with Crippen molar-refractivity contribution in [2.45, 2.75) is 0 Å². The number of oxazole rings is 1. The Bertz CT molecular complexity index is 936. The highest BCUT2D eigenvalue weighted by Gasteiger charge is 2.23. The van der Waals surface area contributed by atoms with Crippen LogP contribution >= 0.6 is 0 Å². The minimum Gasteiger partial charge on any atom is -0.493 e. The summed E-state index contributed by atoms with van der Waals surface area (Å²) in [7, 11) is 4.48. The second-order valence-corrected chi connectivity index (χ2v) is 5.37. The van der Waals surface area contributed by atoms with Gasteiger partial charge in [0.05, 0.1) is 27.5 Å². The number of carbonyl (C=O) groups excluding carboxylic acids is 1. The number of anilines is 1. The van der Waals surface area contributed by atoms with Gasteiger partial charge in [0.25, 0.3) is 0 Å². The number of hydrogen-bond acceptors (Lipinski definition) is 7. The van der Waals surface area contributed by atoms with Crippen molar-refractivity contribution in [1.29, 1.82) is 0 Å². The third-order valence-corrected chi connectivity index (χ3v) is 3.99. The van der Waals surface area contributed by atoms with E-state index in [4.69, 9.17) is 24.4 Å². The van der Waals surface area contributed by atoms with Crippen LogP contribution in [-0.2, 0) is 0 Å². The van der Waals surface area contributed by atoms with Crippen molar-refractivity contribution in [2.24, 2.45) is 0 Å². The number of rotatable bonds is 6. The standard InChI is InChI=1S/C19H18N2O5/c1-23-15-9-12(10-22)16(18(25-3)17(15)24-2)13-8-11(4-5-14(13)20)19-21-6-7-26-19/h4-10H,20H2,1-3H3. The van der Waals surface area contributed by atoms with E-state index in [1.165, 1.54) is 27.6 Å². The largest absolute Gasteiger partial charge is 0.493 e. The molecule has 0 saturated carbocycles. The Balaban J connectivity index is 2.32. The van der Waals surface area contributed by atoms with E-state index >= 15 is 0 Å². The molecular formula is C19H18N2O5. The molecule has 0 aliphatic rings. The molecule has 3 aromatic rings. The SMILES string of the molecule is COc1cc(C=O)c(-c2cc(-c3ncco3)ccc2N)c(OC)c1OC. The number of nitrogens with zero attached hydrogens (tertiary/aromatic N) is 1. The second-order valence-electron chi connectivity index (χ2n) is 5.37. The highest BCUT2D eigenvalue weighted by molar-refractivity contribution is 5.97. The topological polar surface area (TPSA) is 96.8 Å². The summed E-state index contributed by atoms with van der Waals surface area (Å²) in [6.45, 7) is 0. The molecule has 7 nitrogen and oxygen atoms in total. The average molecular weight is 354 g/mol. The molecule has 0 unspecified atom stereocenters. The average Bonchev–Trinajstić information content (AvgIpc) is 3.21. The van der Waals surface area contributed by atoms with E-state index in [9.17, 15) is 4.79 Å². The molecule has 1 heterocycles. The molecule has 26 heavy (non-hydrogen) atoms. The van der Waals surface area contributed by atoms with E-state index in [1.807, 2.05) is 0 Å². The number of nitrogen functional groups attached to an aromatic ring is 1. The predicted molar refractivity (Wildman–Crippen MR) is 96.8 cm³/mol. The summed E-state index contributed by atoms with van der Waals surface area (Å²) in [6, 6.07) is 6.89. The summed E-state index contributed by atoms with van der Waals surface area (Å²) in [5.41, 5.74) is 8.83. The number of aldehydes is 1. The van der Waals surface area contributed by atoms with Crippen molar-refractivity contribution in [3.8, 4) is 39.8 Å². The number of ether oxygens (including phenoxy) is 3. The molecule has 7 heteroatoms. The van der Waals surface area contributed by atoms with E-state index in [-0.39, 0.29) is 0 Å². The molecule has 0 aliphatic heterocycles. The number of methoxy groups -OCH3 is 3. The molecular weight excluding hydrogens is 336 g/mol. The lowest BCUT2D eigenvalue weighted by molar-refractivity contribution is 0.112. The molecule has 2 aromatic carbocycles. The molecule has 0 saturated heterocycles. The van der Waals surface area contributed by atoms with Gasteiger partial charge < -0.3 is 24.4 Å². The Morgan fingerprint density at radius 3 is 2.42 bits per heavy atom. The summed E-state index contributed by atoms with van der Waals surface area (Å²) in [5, 5.41) is 0. The predicted octanol–water partition coefficient (Wildman–Crippen LogP) is 3.43. The molecule has 0 bridgehead atoms. The number of hydrogen-bond donors (Lipinski definition) is 1. The first-order valence-electron chi connectivity index (χ1n) is 7.72. The Morgan fingerprint density at radius 1 is 1.08 bits per heavy atom. The van der Waals surface area contributed by atoms with Crippen LogP contribution in [-0.4, -0.2) is 32.6 Å². The van der Waals surface area contributed by atoms with E-state index < -0.39 is 0 Å². The molecule has 2 N–H and O–H groups in total. The smallest absolute Gasteiger partial charge is 0.225 e. The summed E-state index contributed by atoms with van der Waals surface area (Å²) in [5.74, 6) is 1.55. The van der Waals surface area contributed by atoms with Crippen molar-refractivity contribution in [1.82, 2.24) is 4.98 Å². The zero-order valence-electron chi connectivity index (χ0n) is 14.6. The lowest BCUT2D eigenvalue weighted by Crippen LogP contribution is -2.02. The molecule has 3 rings (SSSR count). The van der Waals surface area contributed by atoms with Gasteiger partial charge >= 0.3 is 0 Å². The van der Waals surface area contributed by atoms with Gasteiger partial charge in [0.1, 0.15) is 6.26 Å². The van der Waals surface area contributed by atoms with Crippen molar-refractivity contribution in [2.75, 3.05) is 27.1 Å². The third kappa shape index (κ3) is 2.83. The fourth-order valence-electron chi connectivity index (χ4n) is 2.82. The first-order chi connectivity index (χ1) is 12.6. The zero-order chi connectivity index (χ0) is 18.7. The van der Waals surface area contributed by atoms with Crippen molar-refractivity contribution >= 4 is 12.0 Å². The molecule has 0 aliphatic carbocycles. The lowest BCUT2D eigenvalue weighted by atomic mass is 9.95. The Kier molecular flexibility index (Phi) is 4.79. The molecule has 0 amide bonds. The fourth-order valence-corrected chi connectivity index (χ4v) is 2.82. The van der Waals surface area contributed by atoms with Gasteiger partial charge in [-0.05, 0) is 24.3 Å². The first-order valence-corrected chi connectivity index (χ1v) is 7.72. The Labute approximate surface area is 150 Å². The maximum absolute atomic E-state index is 11.7. The lowest BCUT2D eigenvalue weighted by Gasteiger charge is -2.19. The summed E-state index contributed by atoms with van der Waals surface area (Å²) >= 11 is 0. The molecule has 134 valence electrons. The number of aromatic nitrogens is 1. The molecule has 1 aromatic heterocycles. The first kappa shape index (κ1) is 17.3. The fraction of sp³-hybridized carbons (Fsp3) is 0.158. The van der Waals surface area contributed by atoms with Crippen LogP contribution in [0.15, 0.2) is 41.1 Å². The highest BCUT2D eigenvalue weighted by atomic mass is 16.5. The van der Waals surface area contributed by atoms with Crippen LogP contribution in [0.25, 0.3) is 22.6 Å². The molecule has 0 atom stereocenters. The van der Waals surface area contributed by atoms with Gasteiger partial charge in [0, 0.05) is 27.9 Å². The van der Waals surface area contributed by atoms with Gasteiger partial charge in [-0.2, -0.15) is 0 Å². The van der Waals surface area contributed by atoms with Gasteiger partial charge in [-0.3, -0.25) is 4.79 Å². The van der Waals surface area contributed by atoms with Gasteiger partial charge in [-0.25, -0.2) is 4.98 Å². The van der Waals surface area contributed by atoms with E-state index in [2.05, 4.69) is 4.98 Å². The van der Waals surface area contributed by atoms with Crippen molar-refractivity contribution < 1.29 is 23.4 Å². The summed E-state index contributed by atoms with van der Waals surface area (Å²) in [6.07, 6.45) is 3.76. The number of carbonyl (C=O) groups is 1. The van der Waals surface area contributed by atoms with Crippen LogP contribution in [0, 0.1) is 0 Å². The van der Waals surface area contributed by atoms with E-state index in [0.29, 0.717) is 51.1 Å². The molecule has 0 spiro atoms. The zero-order valence-corrected chi connectivity index (χ0v) is 14.6. The Morgan fingerprint density at radius 2 is 1.85 bits per heavy atom. The maximum Gasteiger partial charge on any atom is 0.225 e. The van der Waals surface area contributed by atoms with E-state index in [1.54, 1.807) is 30.5 Å². The van der Waals surface area contributed by atoms with Gasteiger partial charge in [-0.1, -0.05) is 0 Å². The minimum absolute atomic E-state index is 0.352. The highest BCUT2D eigenvalue weighted by Crippen LogP contribution is 2.48.